The monoisotopic (exact) mass is 307 g/mol. The molecule has 2 aromatic heterocycles. The summed E-state index contributed by atoms with van der Waals surface area (Å²) in [5.41, 5.74) is 3.93. The van der Waals surface area contributed by atoms with Crippen LogP contribution in [0.4, 0.5) is 5.69 Å². The molecule has 0 saturated carbocycles. The van der Waals surface area contributed by atoms with E-state index in [9.17, 15) is 9.59 Å². The highest BCUT2D eigenvalue weighted by atomic mass is 16.2. The molecule has 0 saturated heterocycles. The van der Waals surface area contributed by atoms with Gasteiger partial charge in [0.25, 0.3) is 11.5 Å². The number of carbonyl (C=O) groups excluding carboxylic acids is 1. The maximum absolute atomic E-state index is 12.5. The Morgan fingerprint density at radius 2 is 1.74 bits per heavy atom. The Labute approximate surface area is 133 Å². The molecule has 0 radical (unpaired) electrons. The van der Waals surface area contributed by atoms with Gasteiger partial charge in [-0.25, -0.2) is 4.98 Å². The van der Waals surface area contributed by atoms with Crippen LogP contribution in [0, 0.1) is 20.8 Å². The number of carbonyl (C=O) groups is 1. The van der Waals surface area contributed by atoms with Gasteiger partial charge in [0, 0.05) is 18.1 Å². The zero-order valence-electron chi connectivity index (χ0n) is 13.3. The number of hydrogen-bond donors (Lipinski definition) is 1. The van der Waals surface area contributed by atoms with Crippen LogP contribution >= 0.6 is 0 Å². The van der Waals surface area contributed by atoms with Crippen molar-refractivity contribution in [3.8, 4) is 0 Å². The molecule has 0 aliphatic carbocycles. The van der Waals surface area contributed by atoms with Crippen LogP contribution in [0.1, 0.15) is 27.0 Å². The fourth-order valence-corrected chi connectivity index (χ4v) is 2.58. The van der Waals surface area contributed by atoms with E-state index in [4.69, 9.17) is 0 Å². The van der Waals surface area contributed by atoms with Crippen molar-refractivity contribution >= 4 is 17.2 Å². The molecule has 0 aliphatic heterocycles. The highest BCUT2D eigenvalue weighted by molar-refractivity contribution is 6.04. The topological polar surface area (TPSA) is 63.5 Å². The van der Waals surface area contributed by atoms with E-state index in [1.54, 1.807) is 12.3 Å². The molecule has 0 unspecified atom stereocenters. The molecule has 1 amide bonds. The highest BCUT2D eigenvalue weighted by Gasteiger charge is 2.13. The zero-order chi connectivity index (χ0) is 16.6. The predicted octanol–water partition coefficient (Wildman–Crippen LogP) is 2.87. The molecule has 5 heteroatoms. The molecule has 1 aromatic carbocycles. The molecule has 0 atom stereocenters. The zero-order valence-corrected chi connectivity index (χ0v) is 13.3. The summed E-state index contributed by atoms with van der Waals surface area (Å²) in [6, 6.07) is 9.35. The third-order valence-electron chi connectivity index (χ3n) is 3.59. The lowest BCUT2D eigenvalue weighted by Crippen LogP contribution is -2.26. The normalized spacial score (nSPS) is 10.7. The molecule has 2 heterocycles. The van der Waals surface area contributed by atoms with Crippen molar-refractivity contribution in [3.05, 3.63) is 75.3 Å². The smallest absolute Gasteiger partial charge is 0.270 e. The first kappa shape index (κ1) is 15.0. The summed E-state index contributed by atoms with van der Waals surface area (Å²) < 4.78 is 1.38. The number of aromatic nitrogens is 2. The van der Waals surface area contributed by atoms with Gasteiger partial charge < -0.3 is 5.32 Å². The third kappa shape index (κ3) is 2.99. The third-order valence-corrected chi connectivity index (χ3v) is 3.59. The molecule has 23 heavy (non-hydrogen) atoms. The lowest BCUT2D eigenvalue weighted by atomic mass is 10.1. The Balaban J connectivity index is 1.99. The van der Waals surface area contributed by atoms with Gasteiger partial charge >= 0.3 is 0 Å². The van der Waals surface area contributed by atoms with Crippen LogP contribution in [0.5, 0.6) is 0 Å². The van der Waals surface area contributed by atoms with E-state index in [1.165, 1.54) is 10.6 Å². The average molecular weight is 307 g/mol. The minimum absolute atomic E-state index is 0.0190. The standard InChI is InChI=1S/C18H17N3O2/c1-11-4-5-21-16(9-11)19-10-15(18(21)23)17(22)20-14-7-12(2)6-13(3)8-14/h4-10H,1-3H3,(H,20,22). The van der Waals surface area contributed by atoms with Crippen molar-refractivity contribution in [2.24, 2.45) is 0 Å². The number of nitrogens with one attached hydrogen (secondary N) is 1. The quantitative estimate of drug-likeness (QED) is 0.792. The van der Waals surface area contributed by atoms with Gasteiger partial charge in [-0.3, -0.25) is 14.0 Å². The summed E-state index contributed by atoms with van der Waals surface area (Å²) in [5.74, 6) is -0.456. The molecule has 5 nitrogen and oxygen atoms in total. The second kappa shape index (κ2) is 5.68. The van der Waals surface area contributed by atoms with Crippen molar-refractivity contribution in [1.29, 1.82) is 0 Å². The Kier molecular flexibility index (Phi) is 3.70. The van der Waals surface area contributed by atoms with Gasteiger partial charge in [-0.1, -0.05) is 6.07 Å². The van der Waals surface area contributed by atoms with Crippen molar-refractivity contribution in [2.45, 2.75) is 20.8 Å². The van der Waals surface area contributed by atoms with Crippen molar-refractivity contribution < 1.29 is 4.79 Å². The van der Waals surface area contributed by atoms with Gasteiger partial charge in [0.15, 0.2) is 0 Å². The summed E-state index contributed by atoms with van der Waals surface area (Å²) in [6.45, 7) is 5.84. The maximum Gasteiger partial charge on any atom is 0.270 e. The number of benzene rings is 1. The van der Waals surface area contributed by atoms with E-state index in [-0.39, 0.29) is 11.1 Å². The molecule has 1 N–H and O–H groups in total. The van der Waals surface area contributed by atoms with Gasteiger partial charge in [0.2, 0.25) is 0 Å². The van der Waals surface area contributed by atoms with E-state index < -0.39 is 5.91 Å². The van der Waals surface area contributed by atoms with Gasteiger partial charge in [0.1, 0.15) is 11.2 Å². The summed E-state index contributed by atoms with van der Waals surface area (Å²) in [6.07, 6.45) is 2.96. The number of anilines is 1. The highest BCUT2D eigenvalue weighted by Crippen LogP contribution is 2.14. The van der Waals surface area contributed by atoms with Crippen LogP contribution in [0.2, 0.25) is 0 Å². The molecule has 0 fully saturated rings. The Hall–Kier alpha value is -2.95. The van der Waals surface area contributed by atoms with Gasteiger partial charge in [-0.2, -0.15) is 0 Å². The van der Waals surface area contributed by atoms with Crippen LogP contribution in [-0.2, 0) is 0 Å². The molecule has 0 spiro atoms. The first-order valence-corrected chi connectivity index (χ1v) is 7.32. The fourth-order valence-electron chi connectivity index (χ4n) is 2.58. The van der Waals surface area contributed by atoms with E-state index in [0.29, 0.717) is 11.3 Å². The molecule has 116 valence electrons. The van der Waals surface area contributed by atoms with Crippen LogP contribution in [-0.4, -0.2) is 15.3 Å². The van der Waals surface area contributed by atoms with E-state index >= 15 is 0 Å². The Morgan fingerprint density at radius 3 is 2.43 bits per heavy atom. The summed E-state index contributed by atoms with van der Waals surface area (Å²) in [4.78, 5) is 29.1. The number of nitrogens with zero attached hydrogens (tertiary/aromatic N) is 2. The number of hydrogen-bond acceptors (Lipinski definition) is 3. The number of fused-ring (bicyclic) bond motifs is 1. The van der Waals surface area contributed by atoms with Crippen LogP contribution in [0.25, 0.3) is 5.65 Å². The Morgan fingerprint density at radius 1 is 1.04 bits per heavy atom. The van der Waals surface area contributed by atoms with Crippen molar-refractivity contribution in [2.75, 3.05) is 5.32 Å². The Bertz CT molecular complexity index is 953. The summed E-state index contributed by atoms with van der Waals surface area (Å²) in [7, 11) is 0. The summed E-state index contributed by atoms with van der Waals surface area (Å²) in [5, 5.41) is 2.76. The number of pyridine rings is 1. The first-order valence-electron chi connectivity index (χ1n) is 7.32. The van der Waals surface area contributed by atoms with Gasteiger partial charge in [-0.15, -0.1) is 0 Å². The molecular formula is C18H17N3O2. The molecule has 0 aliphatic rings. The molecule has 3 rings (SSSR count). The summed E-state index contributed by atoms with van der Waals surface area (Å²) >= 11 is 0. The number of rotatable bonds is 2. The van der Waals surface area contributed by atoms with Gasteiger partial charge in [0.05, 0.1) is 0 Å². The molecule has 3 aromatic rings. The maximum atomic E-state index is 12.5. The molecule has 0 bridgehead atoms. The largest absolute Gasteiger partial charge is 0.322 e. The van der Waals surface area contributed by atoms with E-state index in [2.05, 4.69) is 10.3 Å². The van der Waals surface area contributed by atoms with Gasteiger partial charge in [-0.05, 0) is 61.7 Å². The predicted molar refractivity (Wildman–Crippen MR) is 90.1 cm³/mol. The number of amides is 1. The second-order valence-corrected chi connectivity index (χ2v) is 5.74. The van der Waals surface area contributed by atoms with Crippen LogP contribution in [0.3, 0.4) is 0 Å². The molecular weight excluding hydrogens is 290 g/mol. The SMILES string of the molecule is Cc1cc(C)cc(NC(=O)c2cnc3cc(C)ccn3c2=O)c1. The van der Waals surface area contributed by atoms with Crippen LogP contribution in [0.15, 0.2) is 47.5 Å². The van der Waals surface area contributed by atoms with E-state index in [1.807, 2.05) is 45.0 Å². The minimum Gasteiger partial charge on any atom is -0.322 e. The minimum atomic E-state index is -0.456. The first-order chi connectivity index (χ1) is 10.9. The van der Waals surface area contributed by atoms with Crippen molar-refractivity contribution in [1.82, 2.24) is 9.38 Å². The lowest BCUT2D eigenvalue weighted by molar-refractivity contribution is 0.102. The lowest BCUT2D eigenvalue weighted by Gasteiger charge is -2.08. The number of aryl methyl sites for hydroxylation is 3. The van der Waals surface area contributed by atoms with Crippen LogP contribution < -0.4 is 10.9 Å². The average Bonchev–Trinajstić information content (AvgIpc) is 2.46. The van der Waals surface area contributed by atoms with E-state index in [0.717, 1.165) is 16.7 Å². The second-order valence-electron chi connectivity index (χ2n) is 5.74. The fraction of sp³-hybridized carbons (Fsp3) is 0.167. The van der Waals surface area contributed by atoms with Crippen molar-refractivity contribution in [3.63, 3.8) is 0 Å².